The molecule has 3 fully saturated rings. The van der Waals surface area contributed by atoms with Crippen LogP contribution in [0.2, 0.25) is 0 Å². The van der Waals surface area contributed by atoms with E-state index in [1.165, 1.54) is 70.1 Å². The smallest absolute Gasteiger partial charge is 0.123 e. The molecule has 3 nitrogen and oxygen atoms in total. The van der Waals surface area contributed by atoms with Crippen molar-refractivity contribution in [2.24, 2.45) is 5.92 Å². The molecule has 0 radical (unpaired) electrons. The minimum absolute atomic E-state index is 0.736. The minimum Gasteiger partial charge on any atom is -0.496 e. The molecule has 0 amide bonds. The van der Waals surface area contributed by atoms with Gasteiger partial charge in [-0.1, -0.05) is 35.2 Å². The van der Waals surface area contributed by atoms with E-state index in [2.05, 4.69) is 43.9 Å². The van der Waals surface area contributed by atoms with Crippen molar-refractivity contribution in [2.45, 2.75) is 63.6 Å². The van der Waals surface area contributed by atoms with Crippen LogP contribution in [0.1, 0.15) is 50.5 Å². The Morgan fingerprint density at radius 1 is 1.04 bits per heavy atom. The lowest BCUT2D eigenvalue weighted by molar-refractivity contribution is -0.00412. The molecule has 138 valence electrons. The van der Waals surface area contributed by atoms with Crippen LogP contribution in [0.3, 0.4) is 0 Å². The van der Waals surface area contributed by atoms with Gasteiger partial charge in [-0.15, -0.1) is 0 Å². The Kier molecular flexibility index (Phi) is 5.68. The Morgan fingerprint density at radius 3 is 2.68 bits per heavy atom. The van der Waals surface area contributed by atoms with E-state index in [1.807, 2.05) is 0 Å². The van der Waals surface area contributed by atoms with Gasteiger partial charge in [-0.05, 0) is 56.3 Å². The second-order valence-corrected chi connectivity index (χ2v) is 8.98. The molecule has 0 N–H and O–H groups in total. The maximum Gasteiger partial charge on any atom is 0.123 e. The molecule has 0 unspecified atom stereocenters. The number of fused-ring (bicyclic) bond motifs is 1. The van der Waals surface area contributed by atoms with Gasteiger partial charge in [-0.3, -0.25) is 9.80 Å². The fourth-order valence-corrected chi connectivity index (χ4v) is 5.94. The molecule has 0 spiro atoms. The zero-order valence-corrected chi connectivity index (χ0v) is 17.0. The maximum atomic E-state index is 5.65. The van der Waals surface area contributed by atoms with E-state index in [0.29, 0.717) is 0 Å². The second kappa shape index (κ2) is 7.98. The Labute approximate surface area is 160 Å². The summed E-state index contributed by atoms with van der Waals surface area (Å²) in [4.78, 5) is 5.58. The average Bonchev–Trinajstić information content (AvgIpc) is 3.11. The highest BCUT2D eigenvalue weighted by Gasteiger charge is 2.43. The predicted molar refractivity (Wildman–Crippen MR) is 106 cm³/mol. The van der Waals surface area contributed by atoms with Gasteiger partial charge in [-0.25, -0.2) is 0 Å². The Morgan fingerprint density at radius 2 is 1.88 bits per heavy atom. The van der Waals surface area contributed by atoms with Crippen LogP contribution in [0, 0.1) is 5.92 Å². The number of halogens is 1. The number of piperazine rings is 1. The van der Waals surface area contributed by atoms with Gasteiger partial charge in [0.1, 0.15) is 5.75 Å². The fourth-order valence-electron chi connectivity index (χ4n) is 5.53. The van der Waals surface area contributed by atoms with E-state index in [0.717, 1.165) is 34.8 Å². The number of nitrogens with zero attached hydrogens (tertiary/aromatic N) is 2. The van der Waals surface area contributed by atoms with Crippen molar-refractivity contribution in [1.82, 2.24) is 9.80 Å². The third-order valence-electron chi connectivity index (χ3n) is 6.65. The summed E-state index contributed by atoms with van der Waals surface area (Å²) < 4.78 is 6.80. The van der Waals surface area contributed by atoms with Crippen LogP contribution in [-0.4, -0.2) is 48.6 Å². The molecule has 1 aliphatic carbocycles. The first-order chi connectivity index (χ1) is 12.3. The molecule has 2 saturated heterocycles. The summed E-state index contributed by atoms with van der Waals surface area (Å²) in [5.41, 5.74) is 1.32. The number of benzene rings is 1. The Hall–Kier alpha value is -0.580. The van der Waals surface area contributed by atoms with Crippen LogP contribution < -0.4 is 4.74 Å². The van der Waals surface area contributed by atoms with Crippen LogP contribution in [0.4, 0.5) is 0 Å². The SMILES string of the molecule is COc1ccc(Br)cc1CN1CCN2CCC[C@H]2[C@H]1C1CCCCC1. The summed E-state index contributed by atoms with van der Waals surface area (Å²) >= 11 is 3.64. The second-order valence-electron chi connectivity index (χ2n) is 8.06. The largest absolute Gasteiger partial charge is 0.496 e. The normalized spacial score (nSPS) is 28.9. The number of methoxy groups -OCH3 is 1. The van der Waals surface area contributed by atoms with Crippen LogP contribution in [0.25, 0.3) is 0 Å². The predicted octanol–water partition coefficient (Wildman–Crippen LogP) is 4.69. The zero-order valence-electron chi connectivity index (χ0n) is 15.4. The van der Waals surface area contributed by atoms with Crippen molar-refractivity contribution >= 4 is 15.9 Å². The van der Waals surface area contributed by atoms with E-state index in [-0.39, 0.29) is 0 Å². The molecule has 2 aliphatic heterocycles. The fraction of sp³-hybridized carbons (Fsp3) is 0.714. The lowest BCUT2D eigenvalue weighted by Crippen LogP contribution is -2.59. The Bertz CT molecular complexity index is 587. The zero-order chi connectivity index (χ0) is 17.2. The van der Waals surface area contributed by atoms with Crippen LogP contribution >= 0.6 is 15.9 Å². The standard InChI is InChI=1S/C21H31BrN2O/c1-25-20-10-9-18(22)14-17(20)15-24-13-12-23-11-5-8-19(23)21(24)16-6-3-2-4-7-16/h9-10,14,16,19,21H,2-8,11-13,15H2,1H3/t19-,21+/m0/s1. The minimum atomic E-state index is 0.736. The van der Waals surface area contributed by atoms with Gasteiger partial charge in [0.05, 0.1) is 7.11 Å². The summed E-state index contributed by atoms with van der Waals surface area (Å²) in [6.07, 6.45) is 9.96. The molecule has 0 bridgehead atoms. The van der Waals surface area contributed by atoms with Crippen molar-refractivity contribution in [3.8, 4) is 5.75 Å². The first-order valence-electron chi connectivity index (χ1n) is 10.1. The molecule has 1 aromatic carbocycles. The van der Waals surface area contributed by atoms with Gasteiger partial charge in [0.25, 0.3) is 0 Å². The third-order valence-corrected chi connectivity index (χ3v) is 7.15. The lowest BCUT2D eigenvalue weighted by Gasteiger charge is -2.49. The van der Waals surface area contributed by atoms with E-state index in [9.17, 15) is 0 Å². The highest BCUT2D eigenvalue weighted by molar-refractivity contribution is 9.10. The number of ether oxygens (including phenoxy) is 1. The monoisotopic (exact) mass is 406 g/mol. The van der Waals surface area contributed by atoms with Crippen molar-refractivity contribution in [1.29, 1.82) is 0 Å². The number of hydrogen-bond acceptors (Lipinski definition) is 3. The van der Waals surface area contributed by atoms with E-state index >= 15 is 0 Å². The molecule has 25 heavy (non-hydrogen) atoms. The first kappa shape index (κ1) is 17.8. The molecule has 0 aromatic heterocycles. The van der Waals surface area contributed by atoms with Crippen molar-refractivity contribution < 1.29 is 4.74 Å². The molecular formula is C21H31BrN2O. The van der Waals surface area contributed by atoms with Crippen LogP contribution in [0.15, 0.2) is 22.7 Å². The molecule has 1 aromatic rings. The molecule has 4 heteroatoms. The van der Waals surface area contributed by atoms with Gasteiger partial charge in [0, 0.05) is 41.8 Å². The lowest BCUT2D eigenvalue weighted by atomic mass is 9.78. The van der Waals surface area contributed by atoms with Gasteiger partial charge in [-0.2, -0.15) is 0 Å². The molecule has 4 rings (SSSR count). The first-order valence-corrected chi connectivity index (χ1v) is 10.9. The van der Waals surface area contributed by atoms with Crippen LogP contribution in [-0.2, 0) is 6.54 Å². The van der Waals surface area contributed by atoms with Crippen molar-refractivity contribution in [3.05, 3.63) is 28.2 Å². The third kappa shape index (κ3) is 3.77. The van der Waals surface area contributed by atoms with Crippen molar-refractivity contribution in [2.75, 3.05) is 26.7 Å². The molecule has 2 heterocycles. The molecule has 3 aliphatic rings. The number of rotatable bonds is 4. The van der Waals surface area contributed by atoms with E-state index in [1.54, 1.807) is 7.11 Å². The van der Waals surface area contributed by atoms with Gasteiger partial charge < -0.3 is 4.74 Å². The highest BCUT2D eigenvalue weighted by Crippen LogP contribution is 2.38. The summed E-state index contributed by atoms with van der Waals surface area (Å²) in [6.45, 7) is 4.79. The molecular weight excluding hydrogens is 376 g/mol. The molecule has 2 atom stereocenters. The van der Waals surface area contributed by atoms with E-state index in [4.69, 9.17) is 4.74 Å². The maximum absolute atomic E-state index is 5.65. The average molecular weight is 407 g/mol. The summed E-state index contributed by atoms with van der Waals surface area (Å²) in [7, 11) is 1.79. The van der Waals surface area contributed by atoms with Gasteiger partial charge in [0.2, 0.25) is 0 Å². The van der Waals surface area contributed by atoms with Crippen molar-refractivity contribution in [3.63, 3.8) is 0 Å². The van der Waals surface area contributed by atoms with Gasteiger partial charge in [0.15, 0.2) is 0 Å². The summed E-state index contributed by atoms with van der Waals surface area (Å²) in [6, 6.07) is 7.95. The summed E-state index contributed by atoms with van der Waals surface area (Å²) in [5, 5.41) is 0. The Balaban J connectivity index is 1.58. The topological polar surface area (TPSA) is 15.7 Å². The molecule has 1 saturated carbocycles. The quantitative estimate of drug-likeness (QED) is 0.721. The summed E-state index contributed by atoms with van der Waals surface area (Å²) in [5.74, 6) is 1.91. The van der Waals surface area contributed by atoms with Crippen LogP contribution in [0.5, 0.6) is 5.75 Å². The highest BCUT2D eigenvalue weighted by atomic mass is 79.9. The number of hydrogen-bond donors (Lipinski definition) is 0. The van der Waals surface area contributed by atoms with E-state index < -0.39 is 0 Å². The van der Waals surface area contributed by atoms with Gasteiger partial charge >= 0.3 is 0 Å².